The van der Waals surface area contributed by atoms with E-state index < -0.39 is 0 Å². The SMILES string of the molecule is CCCC1=CCCC(F)=C1. The number of hydrogen-bond donors (Lipinski definition) is 0. The fourth-order valence-corrected chi connectivity index (χ4v) is 1.19. The number of rotatable bonds is 2. The van der Waals surface area contributed by atoms with Gasteiger partial charge in [-0.25, -0.2) is 4.39 Å². The molecule has 0 bridgehead atoms. The lowest BCUT2D eigenvalue weighted by Gasteiger charge is -2.06. The van der Waals surface area contributed by atoms with E-state index in [2.05, 4.69) is 13.0 Å². The smallest absolute Gasteiger partial charge is 0.100 e. The molecule has 0 N–H and O–H groups in total. The van der Waals surface area contributed by atoms with Gasteiger partial charge in [0.05, 0.1) is 0 Å². The van der Waals surface area contributed by atoms with Crippen LogP contribution in [0.2, 0.25) is 0 Å². The van der Waals surface area contributed by atoms with Gasteiger partial charge in [0.2, 0.25) is 0 Å². The molecule has 0 amide bonds. The number of halogens is 1. The Balaban J connectivity index is 2.51. The van der Waals surface area contributed by atoms with E-state index in [1.807, 2.05) is 0 Å². The third kappa shape index (κ3) is 1.98. The summed E-state index contributed by atoms with van der Waals surface area (Å²) in [7, 11) is 0. The summed E-state index contributed by atoms with van der Waals surface area (Å²) >= 11 is 0. The molecule has 0 spiro atoms. The van der Waals surface area contributed by atoms with Crippen molar-refractivity contribution in [3.63, 3.8) is 0 Å². The minimum Gasteiger partial charge on any atom is -0.212 e. The van der Waals surface area contributed by atoms with Gasteiger partial charge >= 0.3 is 0 Å². The van der Waals surface area contributed by atoms with Crippen LogP contribution in [0.4, 0.5) is 4.39 Å². The molecule has 10 heavy (non-hydrogen) atoms. The predicted molar refractivity (Wildman–Crippen MR) is 41.4 cm³/mol. The van der Waals surface area contributed by atoms with Gasteiger partial charge < -0.3 is 0 Å². The van der Waals surface area contributed by atoms with Gasteiger partial charge in [-0.2, -0.15) is 0 Å². The van der Waals surface area contributed by atoms with Crippen molar-refractivity contribution >= 4 is 0 Å². The van der Waals surface area contributed by atoms with Crippen LogP contribution in [0, 0.1) is 0 Å². The van der Waals surface area contributed by atoms with Gasteiger partial charge in [0, 0.05) is 6.42 Å². The first kappa shape index (κ1) is 7.52. The summed E-state index contributed by atoms with van der Waals surface area (Å²) in [5.41, 5.74) is 1.17. The zero-order valence-electron chi connectivity index (χ0n) is 6.36. The molecule has 0 atom stereocenters. The lowest BCUT2D eigenvalue weighted by Crippen LogP contribution is -1.87. The highest BCUT2D eigenvalue weighted by Gasteiger charge is 2.02. The maximum atomic E-state index is 12.6. The molecule has 0 aromatic rings. The van der Waals surface area contributed by atoms with Crippen LogP contribution in [0.15, 0.2) is 23.6 Å². The molecule has 0 aliphatic heterocycles. The van der Waals surface area contributed by atoms with Crippen molar-refractivity contribution < 1.29 is 4.39 Å². The van der Waals surface area contributed by atoms with Crippen molar-refractivity contribution in [2.75, 3.05) is 0 Å². The molecule has 0 saturated carbocycles. The lowest BCUT2D eigenvalue weighted by atomic mass is 10.0. The van der Waals surface area contributed by atoms with Crippen LogP contribution < -0.4 is 0 Å². The van der Waals surface area contributed by atoms with Gasteiger partial charge in [-0.15, -0.1) is 0 Å². The quantitative estimate of drug-likeness (QED) is 0.551. The Morgan fingerprint density at radius 3 is 3.00 bits per heavy atom. The fraction of sp³-hybridized carbons (Fsp3) is 0.556. The summed E-state index contributed by atoms with van der Waals surface area (Å²) in [6.45, 7) is 2.11. The van der Waals surface area contributed by atoms with Crippen LogP contribution >= 0.6 is 0 Å². The highest BCUT2D eigenvalue weighted by molar-refractivity contribution is 5.24. The summed E-state index contributed by atoms with van der Waals surface area (Å²) in [6.07, 6.45) is 7.42. The second kappa shape index (κ2) is 3.55. The molecule has 0 aromatic heterocycles. The Bertz CT molecular complexity index is 166. The first-order valence-electron chi connectivity index (χ1n) is 3.88. The third-order valence-corrected chi connectivity index (χ3v) is 1.67. The normalized spacial score (nSPS) is 18.2. The van der Waals surface area contributed by atoms with E-state index in [0.29, 0.717) is 6.42 Å². The molecule has 0 heterocycles. The first-order valence-corrected chi connectivity index (χ1v) is 3.88. The van der Waals surface area contributed by atoms with Crippen molar-refractivity contribution in [3.05, 3.63) is 23.6 Å². The van der Waals surface area contributed by atoms with Crippen LogP contribution in [0.25, 0.3) is 0 Å². The van der Waals surface area contributed by atoms with Crippen molar-refractivity contribution in [1.29, 1.82) is 0 Å². The molecule has 0 aromatic carbocycles. The van der Waals surface area contributed by atoms with E-state index in [9.17, 15) is 4.39 Å². The fourth-order valence-electron chi connectivity index (χ4n) is 1.19. The minimum absolute atomic E-state index is 0.0472. The minimum atomic E-state index is 0.0472. The van der Waals surface area contributed by atoms with E-state index >= 15 is 0 Å². The number of hydrogen-bond acceptors (Lipinski definition) is 0. The van der Waals surface area contributed by atoms with Crippen LogP contribution in [0.5, 0.6) is 0 Å². The zero-order valence-corrected chi connectivity index (χ0v) is 6.36. The van der Waals surface area contributed by atoms with Gasteiger partial charge in [-0.3, -0.25) is 0 Å². The van der Waals surface area contributed by atoms with E-state index in [0.717, 1.165) is 19.3 Å². The second-order valence-corrected chi connectivity index (χ2v) is 2.66. The Morgan fingerprint density at radius 1 is 1.60 bits per heavy atom. The Hall–Kier alpha value is -0.590. The molecule has 56 valence electrons. The average Bonchev–Trinajstić information content (AvgIpc) is 1.88. The molecule has 0 unspecified atom stereocenters. The van der Waals surface area contributed by atoms with Crippen LogP contribution in [-0.4, -0.2) is 0 Å². The molecule has 1 aliphatic carbocycles. The Labute approximate surface area is 61.4 Å². The molecule has 0 nitrogen and oxygen atoms in total. The standard InChI is InChI=1S/C9H13F/c1-2-4-8-5-3-6-9(10)7-8/h5,7H,2-4,6H2,1H3. The Morgan fingerprint density at radius 2 is 2.40 bits per heavy atom. The monoisotopic (exact) mass is 140 g/mol. The Kier molecular flexibility index (Phi) is 2.67. The maximum absolute atomic E-state index is 12.6. The molecular formula is C9H13F. The van der Waals surface area contributed by atoms with Gasteiger partial charge in [-0.1, -0.05) is 19.4 Å². The van der Waals surface area contributed by atoms with Crippen LogP contribution in [0.1, 0.15) is 32.6 Å². The van der Waals surface area contributed by atoms with Crippen molar-refractivity contribution in [2.45, 2.75) is 32.6 Å². The van der Waals surface area contributed by atoms with E-state index in [4.69, 9.17) is 0 Å². The molecule has 0 saturated heterocycles. The third-order valence-electron chi connectivity index (χ3n) is 1.67. The largest absolute Gasteiger partial charge is 0.212 e. The zero-order chi connectivity index (χ0) is 7.40. The van der Waals surface area contributed by atoms with E-state index in [-0.39, 0.29) is 5.83 Å². The van der Waals surface area contributed by atoms with Gasteiger partial charge in [-0.05, 0) is 24.5 Å². The predicted octanol–water partition coefficient (Wildman–Crippen LogP) is 3.36. The summed E-state index contributed by atoms with van der Waals surface area (Å²) in [5, 5.41) is 0. The molecule has 0 fully saturated rings. The van der Waals surface area contributed by atoms with E-state index in [1.165, 1.54) is 5.57 Å². The van der Waals surface area contributed by atoms with Crippen molar-refractivity contribution in [2.24, 2.45) is 0 Å². The van der Waals surface area contributed by atoms with Gasteiger partial charge in [0.15, 0.2) is 0 Å². The molecule has 1 aliphatic rings. The summed E-state index contributed by atoms with van der Waals surface area (Å²) in [5.74, 6) is 0.0472. The highest BCUT2D eigenvalue weighted by Crippen LogP contribution is 2.20. The summed E-state index contributed by atoms with van der Waals surface area (Å²) < 4.78 is 12.6. The van der Waals surface area contributed by atoms with Crippen molar-refractivity contribution in [3.8, 4) is 0 Å². The van der Waals surface area contributed by atoms with Crippen molar-refractivity contribution in [1.82, 2.24) is 0 Å². The van der Waals surface area contributed by atoms with Gasteiger partial charge in [0.1, 0.15) is 5.83 Å². The maximum Gasteiger partial charge on any atom is 0.100 e. The molecule has 1 heteroatoms. The van der Waals surface area contributed by atoms with Crippen LogP contribution in [-0.2, 0) is 0 Å². The molecule has 0 radical (unpaired) electrons. The number of allylic oxidation sites excluding steroid dienone is 4. The summed E-state index contributed by atoms with van der Waals surface area (Å²) in [4.78, 5) is 0. The van der Waals surface area contributed by atoms with Crippen LogP contribution in [0.3, 0.4) is 0 Å². The second-order valence-electron chi connectivity index (χ2n) is 2.66. The topological polar surface area (TPSA) is 0 Å². The first-order chi connectivity index (χ1) is 4.83. The average molecular weight is 140 g/mol. The molecular weight excluding hydrogens is 127 g/mol. The highest BCUT2D eigenvalue weighted by atomic mass is 19.1. The summed E-state index contributed by atoms with van der Waals surface area (Å²) in [6, 6.07) is 0. The van der Waals surface area contributed by atoms with Gasteiger partial charge in [0.25, 0.3) is 0 Å². The molecule has 1 rings (SSSR count). The van der Waals surface area contributed by atoms with E-state index in [1.54, 1.807) is 6.08 Å². The lowest BCUT2D eigenvalue weighted by molar-refractivity contribution is 0.583.